The first-order valence-corrected chi connectivity index (χ1v) is 11.5. The molecule has 2 aromatic carbocycles. The molecule has 0 fully saturated rings. The van der Waals surface area contributed by atoms with Crippen LogP contribution < -0.4 is 5.32 Å². The molecule has 6 heteroatoms. The van der Waals surface area contributed by atoms with Crippen LogP contribution in [0.1, 0.15) is 56.5 Å². The molecule has 0 aliphatic heterocycles. The second-order valence-electron chi connectivity index (χ2n) is 8.51. The Balaban J connectivity index is 1.45. The van der Waals surface area contributed by atoms with E-state index in [1.54, 1.807) is 6.92 Å². The summed E-state index contributed by atoms with van der Waals surface area (Å²) < 4.78 is 0. The molecule has 2 aromatic heterocycles. The number of benzene rings is 2. The van der Waals surface area contributed by atoms with Gasteiger partial charge in [-0.25, -0.2) is 4.98 Å². The molecule has 4 aromatic rings. The Morgan fingerprint density at radius 1 is 1.00 bits per heavy atom. The van der Waals surface area contributed by atoms with Crippen LogP contribution in [-0.2, 0) is 16.0 Å². The number of fused-ring (bicyclic) bond motifs is 1. The average Bonchev–Trinajstić information content (AvgIpc) is 3.46. The summed E-state index contributed by atoms with van der Waals surface area (Å²) in [6.45, 7) is 1.63. The maximum atomic E-state index is 13.0. The number of unbranched alkanes of at least 4 members (excludes halogenated alkanes) is 2. The number of rotatable bonds is 11. The van der Waals surface area contributed by atoms with E-state index in [0.717, 1.165) is 59.2 Å². The van der Waals surface area contributed by atoms with Gasteiger partial charge in [-0.1, -0.05) is 61.4 Å². The molecule has 0 radical (unpaired) electrons. The fraction of sp³-hybridized carbons (Fsp3) is 0.296. The summed E-state index contributed by atoms with van der Waals surface area (Å²) in [5, 5.41) is 4.25. The van der Waals surface area contributed by atoms with Crippen LogP contribution in [0.2, 0.25) is 0 Å². The van der Waals surface area contributed by atoms with Crippen LogP contribution in [-0.4, -0.2) is 26.6 Å². The largest absolute Gasteiger partial charge is 0.361 e. The van der Waals surface area contributed by atoms with Gasteiger partial charge in [-0.15, -0.1) is 0 Å². The molecular weight excluding hydrogens is 412 g/mol. The van der Waals surface area contributed by atoms with Gasteiger partial charge in [0, 0.05) is 23.5 Å². The maximum absolute atomic E-state index is 13.0. The number of nitrogens with zero attached hydrogens (tertiary/aromatic N) is 1. The third-order valence-electron chi connectivity index (χ3n) is 5.89. The van der Waals surface area contributed by atoms with Crippen molar-refractivity contribution in [3.63, 3.8) is 0 Å². The summed E-state index contributed by atoms with van der Waals surface area (Å²) in [5.74, 6) is 0.941. The summed E-state index contributed by atoms with van der Waals surface area (Å²) in [5.41, 5.74) is 3.99. The Hall–Kier alpha value is -3.67. The van der Waals surface area contributed by atoms with Crippen molar-refractivity contribution in [1.29, 1.82) is 0 Å². The van der Waals surface area contributed by atoms with Gasteiger partial charge in [-0.05, 0) is 37.0 Å². The minimum absolute atomic E-state index is 0.0360. The Morgan fingerprint density at radius 2 is 1.79 bits per heavy atom. The Labute approximate surface area is 193 Å². The van der Waals surface area contributed by atoms with Crippen LogP contribution in [0.25, 0.3) is 22.2 Å². The number of aromatic nitrogens is 3. The van der Waals surface area contributed by atoms with E-state index in [-0.39, 0.29) is 17.7 Å². The predicted octanol–water partition coefficient (Wildman–Crippen LogP) is 5.50. The van der Waals surface area contributed by atoms with Crippen molar-refractivity contribution in [3.8, 4) is 11.3 Å². The third kappa shape index (κ3) is 5.98. The molecule has 0 bridgehead atoms. The van der Waals surface area contributed by atoms with Crippen molar-refractivity contribution in [3.05, 3.63) is 78.4 Å². The Bertz CT molecular complexity index is 1210. The highest BCUT2D eigenvalue weighted by atomic mass is 16.1. The van der Waals surface area contributed by atoms with Gasteiger partial charge in [0.2, 0.25) is 5.91 Å². The lowest BCUT2D eigenvalue weighted by Gasteiger charge is -2.17. The standard InChI is InChI=1S/C27H30N4O2/c1-19(32)10-4-2-7-15-24(27-29-18-25(31-27)20-11-5-3-6-12-20)30-26(33)16-21-17-28-23-14-9-8-13-22(21)23/h3,5-6,8-9,11-14,17-18,24,28H,2,4,7,10,15-16H2,1H3,(H,29,31)(H,30,33)/t24-/m0/s1. The number of Topliss-reactive ketones (excluding diaryl/α,β-unsaturated/α-hetero) is 1. The van der Waals surface area contributed by atoms with Gasteiger partial charge in [0.15, 0.2) is 0 Å². The zero-order chi connectivity index (χ0) is 23.0. The number of hydrogen-bond acceptors (Lipinski definition) is 3. The van der Waals surface area contributed by atoms with Crippen molar-refractivity contribution >= 4 is 22.6 Å². The van der Waals surface area contributed by atoms with Crippen LogP contribution in [0.15, 0.2) is 67.0 Å². The zero-order valence-corrected chi connectivity index (χ0v) is 18.9. The number of nitrogens with one attached hydrogen (secondary N) is 3. The van der Waals surface area contributed by atoms with Gasteiger partial charge in [-0.2, -0.15) is 0 Å². The number of para-hydroxylation sites is 1. The van der Waals surface area contributed by atoms with E-state index in [0.29, 0.717) is 12.8 Å². The monoisotopic (exact) mass is 442 g/mol. The predicted molar refractivity (Wildman–Crippen MR) is 131 cm³/mol. The quantitative estimate of drug-likeness (QED) is 0.268. The summed E-state index contributed by atoms with van der Waals surface area (Å²) in [4.78, 5) is 35.4. The summed E-state index contributed by atoms with van der Waals surface area (Å²) in [7, 11) is 0. The minimum atomic E-state index is -0.211. The highest BCUT2D eigenvalue weighted by molar-refractivity contribution is 5.89. The number of carbonyl (C=O) groups excluding carboxylic acids is 2. The molecule has 6 nitrogen and oxygen atoms in total. The molecule has 170 valence electrons. The molecule has 0 spiro atoms. The summed E-state index contributed by atoms with van der Waals surface area (Å²) in [6, 6.07) is 17.8. The number of imidazole rings is 1. The highest BCUT2D eigenvalue weighted by Crippen LogP contribution is 2.23. The second-order valence-corrected chi connectivity index (χ2v) is 8.51. The van der Waals surface area contributed by atoms with E-state index >= 15 is 0 Å². The lowest BCUT2D eigenvalue weighted by Crippen LogP contribution is -2.30. The number of aromatic amines is 2. The summed E-state index contributed by atoms with van der Waals surface area (Å²) >= 11 is 0. The Kier molecular flexibility index (Phi) is 7.35. The molecule has 0 saturated heterocycles. The van der Waals surface area contributed by atoms with Crippen molar-refractivity contribution < 1.29 is 9.59 Å². The van der Waals surface area contributed by atoms with E-state index in [1.807, 2.05) is 67.0 Å². The van der Waals surface area contributed by atoms with Gasteiger partial charge in [-0.3, -0.25) is 4.79 Å². The number of amides is 1. The number of carbonyl (C=O) groups is 2. The summed E-state index contributed by atoms with van der Waals surface area (Å²) in [6.07, 6.45) is 8.12. The first kappa shape index (κ1) is 22.5. The molecule has 33 heavy (non-hydrogen) atoms. The SMILES string of the molecule is CC(=O)CCCCC[C@H](NC(=O)Cc1c[nH]c2ccccc12)c1ncc(-c2ccccc2)[nH]1. The van der Waals surface area contributed by atoms with Crippen molar-refractivity contribution in [2.24, 2.45) is 0 Å². The first-order chi connectivity index (χ1) is 16.1. The topological polar surface area (TPSA) is 90.6 Å². The normalized spacial score (nSPS) is 12.0. The average molecular weight is 443 g/mol. The number of hydrogen-bond donors (Lipinski definition) is 3. The molecule has 0 aliphatic carbocycles. The second kappa shape index (κ2) is 10.8. The van der Waals surface area contributed by atoms with Gasteiger partial charge in [0.25, 0.3) is 0 Å². The smallest absolute Gasteiger partial charge is 0.225 e. The van der Waals surface area contributed by atoms with Crippen LogP contribution in [0.4, 0.5) is 0 Å². The van der Waals surface area contributed by atoms with Gasteiger partial charge < -0.3 is 20.1 Å². The Morgan fingerprint density at radius 3 is 2.61 bits per heavy atom. The number of H-pyrrole nitrogens is 2. The van der Waals surface area contributed by atoms with E-state index in [1.165, 1.54) is 0 Å². The molecule has 1 atom stereocenters. The highest BCUT2D eigenvalue weighted by Gasteiger charge is 2.19. The lowest BCUT2D eigenvalue weighted by atomic mass is 10.0. The minimum Gasteiger partial charge on any atom is -0.361 e. The van der Waals surface area contributed by atoms with Crippen LogP contribution >= 0.6 is 0 Å². The van der Waals surface area contributed by atoms with Crippen molar-refractivity contribution in [1.82, 2.24) is 20.3 Å². The molecule has 0 unspecified atom stereocenters. The van der Waals surface area contributed by atoms with Crippen LogP contribution in [0.3, 0.4) is 0 Å². The lowest BCUT2D eigenvalue weighted by molar-refractivity contribution is -0.121. The van der Waals surface area contributed by atoms with Crippen LogP contribution in [0.5, 0.6) is 0 Å². The fourth-order valence-corrected chi connectivity index (χ4v) is 4.15. The molecule has 4 rings (SSSR count). The molecule has 1 amide bonds. The van der Waals surface area contributed by atoms with Gasteiger partial charge >= 0.3 is 0 Å². The molecular formula is C27H30N4O2. The molecule has 2 heterocycles. The maximum Gasteiger partial charge on any atom is 0.225 e. The van der Waals surface area contributed by atoms with E-state index in [2.05, 4.69) is 20.3 Å². The number of ketones is 1. The van der Waals surface area contributed by atoms with E-state index in [4.69, 9.17) is 0 Å². The van der Waals surface area contributed by atoms with Crippen molar-refractivity contribution in [2.45, 2.75) is 51.5 Å². The molecule has 0 saturated carbocycles. The zero-order valence-electron chi connectivity index (χ0n) is 18.9. The first-order valence-electron chi connectivity index (χ1n) is 11.5. The molecule has 3 N–H and O–H groups in total. The van der Waals surface area contributed by atoms with Gasteiger partial charge in [0.05, 0.1) is 24.4 Å². The van der Waals surface area contributed by atoms with Crippen molar-refractivity contribution in [2.75, 3.05) is 0 Å². The molecule has 0 aliphatic rings. The third-order valence-corrected chi connectivity index (χ3v) is 5.89. The van der Waals surface area contributed by atoms with E-state index in [9.17, 15) is 9.59 Å². The van der Waals surface area contributed by atoms with Crippen LogP contribution in [0, 0.1) is 0 Å². The fourth-order valence-electron chi connectivity index (χ4n) is 4.15. The van der Waals surface area contributed by atoms with Gasteiger partial charge in [0.1, 0.15) is 11.6 Å². The van der Waals surface area contributed by atoms with E-state index < -0.39 is 0 Å².